The number of nitriles is 3. The van der Waals surface area contributed by atoms with Gasteiger partial charge in [-0.25, -0.2) is 0 Å². The van der Waals surface area contributed by atoms with Crippen molar-refractivity contribution in [3.05, 3.63) is 35.4 Å². The van der Waals surface area contributed by atoms with Gasteiger partial charge in [-0.05, 0) is 41.9 Å². The number of hydrogen-bond donors (Lipinski definition) is 1. The molecule has 1 aliphatic carbocycles. The quantitative estimate of drug-likeness (QED) is 0.600. The third-order valence-electron chi connectivity index (χ3n) is 7.68. The summed E-state index contributed by atoms with van der Waals surface area (Å²) in [5.74, 6) is -2.47. The Morgan fingerprint density at radius 1 is 1.03 bits per heavy atom. The average Bonchev–Trinajstić information content (AvgIpc) is 2.96. The molecule has 0 amide bonds. The first-order valence-electron chi connectivity index (χ1n) is 10.7. The fourth-order valence-electron chi connectivity index (χ4n) is 5.77. The molecule has 3 fully saturated rings. The van der Waals surface area contributed by atoms with Crippen LogP contribution < -0.4 is 0 Å². The van der Waals surface area contributed by atoms with E-state index in [1.165, 1.54) is 0 Å². The van der Waals surface area contributed by atoms with Gasteiger partial charge in [0.15, 0.2) is 5.41 Å². The standard InChI is InChI=1S/C24H23F3N4O2/c1-20(2,3)16-8-9-23-17(10-16)22(13-30,19(31)33-23)21(11-28,12-29)18(32-23)14-4-6-15(7-5-14)24(25,26)27/h4-7,16-18,31H,8-10H2,1-3H3. The number of hydrogen-bond acceptors (Lipinski definition) is 6. The van der Waals surface area contributed by atoms with Gasteiger partial charge in [0.1, 0.15) is 6.10 Å². The van der Waals surface area contributed by atoms with Crippen molar-refractivity contribution in [1.29, 1.82) is 21.2 Å². The van der Waals surface area contributed by atoms with E-state index in [0.717, 1.165) is 24.3 Å². The van der Waals surface area contributed by atoms with Crippen LogP contribution in [0.2, 0.25) is 0 Å². The van der Waals surface area contributed by atoms with Gasteiger partial charge in [0.25, 0.3) is 0 Å². The van der Waals surface area contributed by atoms with Crippen molar-refractivity contribution >= 4 is 5.90 Å². The van der Waals surface area contributed by atoms with Gasteiger partial charge >= 0.3 is 6.18 Å². The second kappa shape index (κ2) is 6.95. The fraction of sp³-hybridized carbons (Fsp3) is 0.583. The Morgan fingerprint density at radius 3 is 2.12 bits per heavy atom. The molecule has 2 aliphatic heterocycles. The van der Waals surface area contributed by atoms with Crippen LogP contribution in [-0.2, 0) is 15.7 Å². The molecule has 0 spiro atoms. The Bertz CT molecular complexity index is 1110. The summed E-state index contributed by atoms with van der Waals surface area (Å²) in [5.41, 5.74) is -4.94. The number of ether oxygens (including phenoxy) is 2. The molecule has 2 heterocycles. The van der Waals surface area contributed by atoms with Gasteiger partial charge in [-0.3, -0.25) is 5.41 Å². The molecular formula is C24H23F3N4O2. The summed E-state index contributed by atoms with van der Waals surface area (Å²) in [6.07, 6.45) is -4.47. The molecule has 2 saturated heterocycles. The van der Waals surface area contributed by atoms with Gasteiger partial charge in [-0.15, -0.1) is 0 Å². The zero-order valence-electron chi connectivity index (χ0n) is 18.5. The van der Waals surface area contributed by atoms with E-state index < -0.39 is 46.3 Å². The molecule has 0 radical (unpaired) electrons. The smallest absolute Gasteiger partial charge is 0.416 e. The maximum atomic E-state index is 13.1. The van der Waals surface area contributed by atoms with E-state index in [4.69, 9.17) is 14.9 Å². The Hall–Kier alpha value is -3.09. The minimum atomic E-state index is -4.55. The van der Waals surface area contributed by atoms with E-state index >= 15 is 0 Å². The molecule has 6 nitrogen and oxygen atoms in total. The number of benzene rings is 1. The molecule has 2 bridgehead atoms. The predicted octanol–water partition coefficient (Wildman–Crippen LogP) is 5.49. The summed E-state index contributed by atoms with van der Waals surface area (Å²) in [5, 5.41) is 39.5. The number of nitrogens with one attached hydrogen (secondary N) is 1. The van der Waals surface area contributed by atoms with E-state index in [9.17, 15) is 29.0 Å². The third-order valence-corrected chi connectivity index (χ3v) is 7.68. The zero-order valence-corrected chi connectivity index (χ0v) is 18.5. The molecule has 1 aromatic rings. The highest BCUT2D eigenvalue weighted by atomic mass is 19.4. The lowest BCUT2D eigenvalue weighted by Crippen LogP contribution is -2.61. The molecule has 9 heteroatoms. The van der Waals surface area contributed by atoms with Crippen LogP contribution in [0.1, 0.15) is 57.3 Å². The molecule has 5 atom stereocenters. The van der Waals surface area contributed by atoms with Crippen LogP contribution in [0.15, 0.2) is 24.3 Å². The molecule has 1 N–H and O–H groups in total. The van der Waals surface area contributed by atoms with E-state index in [2.05, 4.69) is 26.8 Å². The second-order valence-electron chi connectivity index (χ2n) is 10.2. The Labute approximate surface area is 190 Å². The zero-order chi connectivity index (χ0) is 24.4. The monoisotopic (exact) mass is 456 g/mol. The minimum Gasteiger partial charge on any atom is -0.447 e. The predicted molar refractivity (Wildman–Crippen MR) is 109 cm³/mol. The molecule has 172 valence electrons. The first-order chi connectivity index (χ1) is 15.3. The van der Waals surface area contributed by atoms with Crippen molar-refractivity contribution in [3.8, 4) is 18.2 Å². The molecule has 1 saturated carbocycles. The molecule has 5 unspecified atom stereocenters. The minimum absolute atomic E-state index is 0.119. The van der Waals surface area contributed by atoms with Crippen molar-refractivity contribution in [2.75, 3.05) is 0 Å². The summed E-state index contributed by atoms with van der Waals surface area (Å²) in [4.78, 5) is 0. The molecule has 1 aromatic carbocycles. The number of alkyl halides is 3. The van der Waals surface area contributed by atoms with E-state index in [1.54, 1.807) is 0 Å². The SMILES string of the molecule is CC(C)(C)C1CCC23OC(=N)C(C#N)(C2C1)C(C#N)(C#N)C(c1ccc(C(F)(F)F)cc1)O3. The van der Waals surface area contributed by atoms with E-state index in [-0.39, 0.29) is 16.9 Å². The summed E-state index contributed by atoms with van der Waals surface area (Å²) in [6, 6.07) is 10.00. The maximum absolute atomic E-state index is 13.1. The third kappa shape index (κ3) is 2.90. The highest BCUT2D eigenvalue weighted by Crippen LogP contribution is 2.70. The van der Waals surface area contributed by atoms with Crippen molar-refractivity contribution < 1.29 is 22.6 Å². The van der Waals surface area contributed by atoms with Gasteiger partial charge in [0, 0.05) is 6.42 Å². The largest absolute Gasteiger partial charge is 0.447 e. The van der Waals surface area contributed by atoms with Crippen molar-refractivity contribution in [1.82, 2.24) is 0 Å². The van der Waals surface area contributed by atoms with Gasteiger partial charge in [0.2, 0.25) is 17.1 Å². The summed E-state index contributed by atoms with van der Waals surface area (Å²) in [7, 11) is 0. The summed E-state index contributed by atoms with van der Waals surface area (Å²) >= 11 is 0. The van der Waals surface area contributed by atoms with Gasteiger partial charge in [-0.2, -0.15) is 29.0 Å². The van der Waals surface area contributed by atoms with Crippen LogP contribution in [0.3, 0.4) is 0 Å². The summed E-state index contributed by atoms with van der Waals surface area (Å²) in [6.45, 7) is 6.21. The molecule has 4 rings (SSSR count). The highest BCUT2D eigenvalue weighted by molar-refractivity contribution is 5.89. The van der Waals surface area contributed by atoms with Crippen molar-refractivity contribution in [2.24, 2.45) is 28.1 Å². The number of rotatable bonds is 1. The fourth-order valence-corrected chi connectivity index (χ4v) is 5.77. The Balaban J connectivity index is 1.89. The average molecular weight is 456 g/mol. The lowest BCUT2D eigenvalue weighted by atomic mass is 9.49. The van der Waals surface area contributed by atoms with Gasteiger partial charge in [0.05, 0.1) is 29.7 Å². The van der Waals surface area contributed by atoms with Crippen molar-refractivity contribution in [2.45, 2.75) is 58.1 Å². The lowest BCUT2D eigenvalue weighted by molar-refractivity contribution is -0.301. The van der Waals surface area contributed by atoms with Crippen LogP contribution in [-0.4, -0.2) is 11.7 Å². The first-order valence-corrected chi connectivity index (χ1v) is 10.7. The van der Waals surface area contributed by atoms with Crippen molar-refractivity contribution in [3.63, 3.8) is 0 Å². The van der Waals surface area contributed by atoms with Gasteiger partial charge < -0.3 is 9.47 Å². The second-order valence-corrected chi connectivity index (χ2v) is 10.2. The molecule has 3 aliphatic rings. The molecule has 0 aromatic heterocycles. The topological polar surface area (TPSA) is 114 Å². The van der Waals surface area contributed by atoms with E-state index in [0.29, 0.717) is 19.3 Å². The normalized spacial score (nSPS) is 34.9. The van der Waals surface area contributed by atoms with Crippen LogP contribution in [0.4, 0.5) is 13.2 Å². The van der Waals surface area contributed by atoms with E-state index in [1.807, 2.05) is 12.1 Å². The summed E-state index contributed by atoms with van der Waals surface area (Å²) < 4.78 is 51.4. The Kier molecular flexibility index (Phi) is 4.86. The van der Waals surface area contributed by atoms with Gasteiger partial charge in [-0.1, -0.05) is 32.9 Å². The van der Waals surface area contributed by atoms with Crippen LogP contribution in [0, 0.1) is 67.5 Å². The number of halogens is 3. The maximum Gasteiger partial charge on any atom is 0.416 e. The lowest BCUT2D eigenvalue weighted by Gasteiger charge is -2.54. The van der Waals surface area contributed by atoms with Crippen LogP contribution in [0.25, 0.3) is 0 Å². The van der Waals surface area contributed by atoms with Crippen LogP contribution in [0.5, 0.6) is 0 Å². The first kappa shape index (κ1) is 23.1. The number of nitrogens with zero attached hydrogens (tertiary/aromatic N) is 3. The Morgan fingerprint density at radius 2 is 1.64 bits per heavy atom. The molecule has 33 heavy (non-hydrogen) atoms. The molecular weight excluding hydrogens is 433 g/mol. The highest BCUT2D eigenvalue weighted by Gasteiger charge is 2.81. The van der Waals surface area contributed by atoms with Crippen LogP contribution >= 0.6 is 0 Å².